The number of hydrogen-bond acceptors (Lipinski definition) is 3. The average Bonchev–Trinajstić information content (AvgIpc) is 2.35. The van der Waals surface area contributed by atoms with Gasteiger partial charge in [-0.2, -0.15) is 0 Å². The van der Waals surface area contributed by atoms with Gasteiger partial charge in [0.2, 0.25) is 0 Å². The molecular formula is C13H21NO2. The number of aliphatic hydroxyl groups is 1. The van der Waals surface area contributed by atoms with E-state index in [1.54, 1.807) is 7.11 Å². The molecule has 0 spiro atoms. The van der Waals surface area contributed by atoms with E-state index in [0.29, 0.717) is 0 Å². The molecule has 0 radical (unpaired) electrons. The third kappa shape index (κ3) is 3.51. The second-order valence-corrected chi connectivity index (χ2v) is 3.98. The Hall–Kier alpha value is -1.06. The Labute approximate surface area is 97.4 Å². The summed E-state index contributed by atoms with van der Waals surface area (Å²) in [5.41, 5.74) is 1.23. The van der Waals surface area contributed by atoms with E-state index in [1.807, 2.05) is 19.1 Å². The van der Waals surface area contributed by atoms with E-state index in [1.165, 1.54) is 5.56 Å². The van der Waals surface area contributed by atoms with Crippen molar-refractivity contribution < 1.29 is 9.84 Å². The molecule has 0 saturated heterocycles. The molecule has 1 rings (SSSR count). The Morgan fingerprint density at radius 2 is 1.94 bits per heavy atom. The number of nitrogens with one attached hydrogen (secondary N) is 1. The van der Waals surface area contributed by atoms with E-state index < -0.39 is 0 Å². The van der Waals surface area contributed by atoms with Crippen LogP contribution < -0.4 is 10.1 Å². The number of benzene rings is 1. The minimum atomic E-state index is 0.118. The van der Waals surface area contributed by atoms with Crippen molar-refractivity contribution >= 4 is 0 Å². The van der Waals surface area contributed by atoms with Crippen molar-refractivity contribution in [2.45, 2.75) is 32.4 Å². The van der Waals surface area contributed by atoms with Crippen molar-refractivity contribution in [3.8, 4) is 5.75 Å². The zero-order valence-electron chi connectivity index (χ0n) is 10.2. The molecule has 2 N–H and O–H groups in total. The van der Waals surface area contributed by atoms with Crippen LogP contribution in [0.4, 0.5) is 0 Å². The van der Waals surface area contributed by atoms with Gasteiger partial charge < -0.3 is 15.2 Å². The van der Waals surface area contributed by atoms with E-state index in [-0.39, 0.29) is 18.7 Å². The highest BCUT2D eigenvalue weighted by Gasteiger charge is 2.11. The Morgan fingerprint density at radius 3 is 2.38 bits per heavy atom. The lowest BCUT2D eigenvalue weighted by Crippen LogP contribution is -2.32. The molecule has 2 atom stereocenters. The standard InChI is InChI=1S/C13H21NO2/c1-4-13(14-10(2)9-15)11-5-7-12(16-3)8-6-11/h5-8,10,13-15H,4,9H2,1-3H3. The largest absolute Gasteiger partial charge is 0.497 e. The van der Waals surface area contributed by atoms with Crippen molar-refractivity contribution in [1.82, 2.24) is 5.32 Å². The van der Waals surface area contributed by atoms with Crippen LogP contribution in [0.3, 0.4) is 0 Å². The summed E-state index contributed by atoms with van der Waals surface area (Å²) in [6.45, 7) is 4.27. The van der Waals surface area contributed by atoms with Gasteiger partial charge in [-0.15, -0.1) is 0 Å². The number of methoxy groups -OCH3 is 1. The van der Waals surface area contributed by atoms with Crippen LogP contribution >= 0.6 is 0 Å². The zero-order chi connectivity index (χ0) is 12.0. The van der Waals surface area contributed by atoms with Crippen LogP contribution in [-0.4, -0.2) is 24.9 Å². The molecule has 0 aromatic heterocycles. The lowest BCUT2D eigenvalue weighted by atomic mass is 10.0. The first kappa shape index (κ1) is 13.0. The van der Waals surface area contributed by atoms with Gasteiger partial charge in [-0.1, -0.05) is 19.1 Å². The fourth-order valence-electron chi connectivity index (χ4n) is 1.68. The molecule has 0 bridgehead atoms. The summed E-state index contributed by atoms with van der Waals surface area (Å²) in [7, 11) is 1.67. The molecule has 1 aromatic rings. The van der Waals surface area contributed by atoms with Gasteiger partial charge in [-0.3, -0.25) is 0 Å². The predicted molar refractivity (Wildman–Crippen MR) is 65.7 cm³/mol. The Bertz CT molecular complexity index is 297. The fourth-order valence-corrected chi connectivity index (χ4v) is 1.68. The molecule has 0 aliphatic heterocycles. The smallest absolute Gasteiger partial charge is 0.118 e. The Morgan fingerprint density at radius 1 is 1.31 bits per heavy atom. The first-order chi connectivity index (χ1) is 7.71. The highest BCUT2D eigenvalue weighted by molar-refractivity contribution is 5.29. The van der Waals surface area contributed by atoms with Crippen molar-refractivity contribution in [2.24, 2.45) is 0 Å². The molecule has 0 amide bonds. The number of aliphatic hydroxyl groups excluding tert-OH is 1. The number of hydrogen-bond donors (Lipinski definition) is 2. The van der Waals surface area contributed by atoms with Gasteiger partial charge in [0, 0.05) is 12.1 Å². The van der Waals surface area contributed by atoms with E-state index >= 15 is 0 Å². The molecular weight excluding hydrogens is 202 g/mol. The molecule has 0 heterocycles. The lowest BCUT2D eigenvalue weighted by molar-refractivity contribution is 0.239. The number of rotatable bonds is 6. The monoisotopic (exact) mass is 223 g/mol. The first-order valence-corrected chi connectivity index (χ1v) is 5.72. The van der Waals surface area contributed by atoms with E-state index in [0.717, 1.165) is 12.2 Å². The van der Waals surface area contributed by atoms with Crippen LogP contribution in [0.2, 0.25) is 0 Å². The first-order valence-electron chi connectivity index (χ1n) is 5.72. The van der Waals surface area contributed by atoms with Gasteiger partial charge in [0.05, 0.1) is 13.7 Å². The van der Waals surface area contributed by atoms with Gasteiger partial charge in [-0.25, -0.2) is 0 Å². The molecule has 0 aliphatic carbocycles. The van der Waals surface area contributed by atoms with Crippen LogP contribution in [0.1, 0.15) is 31.9 Å². The normalized spacial score (nSPS) is 14.5. The summed E-state index contributed by atoms with van der Waals surface area (Å²) in [4.78, 5) is 0. The minimum absolute atomic E-state index is 0.118. The van der Waals surface area contributed by atoms with Gasteiger partial charge in [0.15, 0.2) is 0 Å². The van der Waals surface area contributed by atoms with Gasteiger partial charge in [0.1, 0.15) is 5.75 Å². The molecule has 3 heteroatoms. The maximum atomic E-state index is 9.03. The second-order valence-electron chi connectivity index (χ2n) is 3.98. The van der Waals surface area contributed by atoms with Gasteiger partial charge >= 0.3 is 0 Å². The quantitative estimate of drug-likeness (QED) is 0.776. The van der Waals surface area contributed by atoms with Crippen LogP contribution in [-0.2, 0) is 0 Å². The van der Waals surface area contributed by atoms with Crippen LogP contribution in [0.25, 0.3) is 0 Å². The molecule has 2 unspecified atom stereocenters. The summed E-state index contributed by atoms with van der Waals surface area (Å²) >= 11 is 0. The van der Waals surface area contributed by atoms with Crippen molar-refractivity contribution in [3.05, 3.63) is 29.8 Å². The molecule has 1 aromatic carbocycles. The Kier molecular flexibility index (Phi) is 5.29. The van der Waals surface area contributed by atoms with Crippen LogP contribution in [0.5, 0.6) is 5.75 Å². The molecule has 16 heavy (non-hydrogen) atoms. The summed E-state index contributed by atoms with van der Waals surface area (Å²) in [6, 6.07) is 8.45. The van der Waals surface area contributed by atoms with E-state index in [4.69, 9.17) is 9.84 Å². The third-order valence-electron chi connectivity index (χ3n) is 2.69. The highest BCUT2D eigenvalue weighted by Crippen LogP contribution is 2.20. The average molecular weight is 223 g/mol. The Balaban J connectivity index is 2.70. The maximum absolute atomic E-state index is 9.03. The van der Waals surface area contributed by atoms with E-state index in [9.17, 15) is 0 Å². The summed E-state index contributed by atoms with van der Waals surface area (Å²) in [5.74, 6) is 0.869. The second kappa shape index (κ2) is 6.51. The van der Waals surface area contributed by atoms with Gasteiger partial charge in [-0.05, 0) is 31.0 Å². The lowest BCUT2D eigenvalue weighted by Gasteiger charge is -2.21. The van der Waals surface area contributed by atoms with Crippen molar-refractivity contribution in [3.63, 3.8) is 0 Å². The summed E-state index contributed by atoms with van der Waals surface area (Å²) < 4.78 is 5.12. The van der Waals surface area contributed by atoms with Crippen molar-refractivity contribution in [2.75, 3.05) is 13.7 Å². The summed E-state index contributed by atoms with van der Waals surface area (Å²) in [6.07, 6.45) is 0.997. The molecule has 3 nitrogen and oxygen atoms in total. The number of ether oxygens (including phenoxy) is 1. The summed E-state index contributed by atoms with van der Waals surface area (Å²) in [5, 5.41) is 12.4. The predicted octanol–water partition coefficient (Wildman–Crippen LogP) is 2.12. The fraction of sp³-hybridized carbons (Fsp3) is 0.538. The SMILES string of the molecule is CCC(NC(C)CO)c1ccc(OC)cc1. The van der Waals surface area contributed by atoms with Crippen molar-refractivity contribution in [1.29, 1.82) is 0 Å². The maximum Gasteiger partial charge on any atom is 0.118 e. The van der Waals surface area contributed by atoms with Crippen LogP contribution in [0, 0.1) is 0 Å². The zero-order valence-corrected chi connectivity index (χ0v) is 10.2. The molecule has 0 saturated carbocycles. The van der Waals surface area contributed by atoms with Crippen LogP contribution in [0.15, 0.2) is 24.3 Å². The minimum Gasteiger partial charge on any atom is -0.497 e. The highest BCUT2D eigenvalue weighted by atomic mass is 16.5. The molecule has 0 fully saturated rings. The molecule has 0 aliphatic rings. The van der Waals surface area contributed by atoms with Gasteiger partial charge in [0.25, 0.3) is 0 Å². The molecule has 90 valence electrons. The third-order valence-corrected chi connectivity index (χ3v) is 2.69. The van der Waals surface area contributed by atoms with E-state index in [2.05, 4.69) is 24.4 Å². The topological polar surface area (TPSA) is 41.5 Å².